The zero-order chi connectivity index (χ0) is 9.80. The Morgan fingerprint density at radius 3 is 3.07 bits per heavy atom. The molecule has 0 spiro atoms. The monoisotopic (exact) mass is 191 g/mol. The van der Waals surface area contributed by atoms with Crippen LogP contribution >= 0.6 is 0 Å². The fourth-order valence-electron chi connectivity index (χ4n) is 1.32. The van der Waals surface area contributed by atoms with E-state index in [0.29, 0.717) is 6.54 Å². The van der Waals surface area contributed by atoms with Gasteiger partial charge < -0.3 is 10.2 Å². The second-order valence-electron chi connectivity index (χ2n) is 3.15. The molecule has 0 aliphatic heterocycles. The molecule has 2 rings (SSSR count). The average molecular weight is 191 g/mol. The van der Waals surface area contributed by atoms with Crippen LogP contribution in [0.5, 0.6) is 0 Å². The molecule has 4 heteroatoms. The summed E-state index contributed by atoms with van der Waals surface area (Å²) in [5, 5.41) is 4.23. The molecule has 2 heterocycles. The molecule has 0 unspecified atom stereocenters. The van der Waals surface area contributed by atoms with Crippen molar-refractivity contribution in [3.63, 3.8) is 0 Å². The smallest absolute Gasteiger partial charge is 0.0982 e. The molecule has 4 nitrogen and oxygen atoms in total. The van der Waals surface area contributed by atoms with Crippen molar-refractivity contribution < 1.29 is 4.42 Å². The molecule has 0 radical (unpaired) electrons. The first kappa shape index (κ1) is 9.02. The molecule has 0 aliphatic carbocycles. The number of furan rings is 1. The SMILES string of the molecule is NCCCn1cc(-c2ccoc2)cn1. The summed E-state index contributed by atoms with van der Waals surface area (Å²) in [6.45, 7) is 1.56. The summed E-state index contributed by atoms with van der Waals surface area (Å²) in [6, 6.07) is 1.92. The van der Waals surface area contributed by atoms with Gasteiger partial charge in [0.15, 0.2) is 0 Å². The molecule has 0 atom stereocenters. The molecule has 2 N–H and O–H groups in total. The van der Waals surface area contributed by atoms with Crippen molar-refractivity contribution in [2.45, 2.75) is 13.0 Å². The lowest BCUT2D eigenvalue weighted by molar-refractivity contribution is 0.568. The number of nitrogens with two attached hydrogens (primary N) is 1. The topological polar surface area (TPSA) is 57.0 Å². The molecular formula is C10H13N3O. The maximum absolute atomic E-state index is 5.42. The molecule has 0 saturated heterocycles. The van der Waals surface area contributed by atoms with Gasteiger partial charge in [0.1, 0.15) is 0 Å². The molecular weight excluding hydrogens is 178 g/mol. The van der Waals surface area contributed by atoms with Crippen molar-refractivity contribution in [1.82, 2.24) is 9.78 Å². The number of hydrogen-bond donors (Lipinski definition) is 1. The molecule has 0 fully saturated rings. The Morgan fingerprint density at radius 2 is 2.36 bits per heavy atom. The van der Waals surface area contributed by atoms with E-state index in [2.05, 4.69) is 5.10 Å². The Morgan fingerprint density at radius 1 is 1.43 bits per heavy atom. The van der Waals surface area contributed by atoms with E-state index in [1.165, 1.54) is 0 Å². The van der Waals surface area contributed by atoms with Crippen molar-refractivity contribution in [2.75, 3.05) is 6.54 Å². The van der Waals surface area contributed by atoms with E-state index in [1.807, 2.05) is 23.1 Å². The molecule has 2 aromatic rings. The van der Waals surface area contributed by atoms with Gasteiger partial charge in [-0.25, -0.2) is 0 Å². The molecule has 0 aromatic carbocycles. The third-order valence-corrected chi connectivity index (χ3v) is 2.08. The van der Waals surface area contributed by atoms with Gasteiger partial charge in [0.25, 0.3) is 0 Å². The molecule has 0 saturated carbocycles. The summed E-state index contributed by atoms with van der Waals surface area (Å²) in [5.74, 6) is 0. The first-order valence-electron chi connectivity index (χ1n) is 4.65. The molecule has 0 bridgehead atoms. The van der Waals surface area contributed by atoms with E-state index in [0.717, 1.165) is 24.1 Å². The van der Waals surface area contributed by atoms with Gasteiger partial charge in [-0.1, -0.05) is 0 Å². The van der Waals surface area contributed by atoms with Crippen LogP contribution in [-0.2, 0) is 6.54 Å². The lowest BCUT2D eigenvalue weighted by Crippen LogP contribution is -2.05. The number of hydrogen-bond acceptors (Lipinski definition) is 3. The van der Waals surface area contributed by atoms with Gasteiger partial charge in [0.2, 0.25) is 0 Å². The highest BCUT2D eigenvalue weighted by Crippen LogP contribution is 2.18. The van der Waals surface area contributed by atoms with E-state index < -0.39 is 0 Å². The van der Waals surface area contributed by atoms with E-state index in [1.54, 1.807) is 12.5 Å². The van der Waals surface area contributed by atoms with Gasteiger partial charge in [0, 0.05) is 23.9 Å². The second-order valence-corrected chi connectivity index (χ2v) is 3.15. The minimum Gasteiger partial charge on any atom is -0.472 e. The third kappa shape index (κ3) is 1.85. The summed E-state index contributed by atoms with van der Waals surface area (Å²) < 4.78 is 6.90. The first-order chi connectivity index (χ1) is 6.90. The maximum atomic E-state index is 5.42. The third-order valence-electron chi connectivity index (χ3n) is 2.08. The van der Waals surface area contributed by atoms with Crippen LogP contribution in [-0.4, -0.2) is 16.3 Å². The molecule has 14 heavy (non-hydrogen) atoms. The summed E-state index contributed by atoms with van der Waals surface area (Å²) in [7, 11) is 0. The fourth-order valence-corrected chi connectivity index (χ4v) is 1.32. The maximum Gasteiger partial charge on any atom is 0.0982 e. The summed E-state index contributed by atoms with van der Waals surface area (Å²) in [4.78, 5) is 0. The number of rotatable bonds is 4. The number of nitrogens with zero attached hydrogens (tertiary/aromatic N) is 2. The lowest BCUT2D eigenvalue weighted by atomic mass is 10.2. The summed E-state index contributed by atoms with van der Waals surface area (Å²) in [6.07, 6.45) is 8.16. The molecule has 0 amide bonds. The first-order valence-corrected chi connectivity index (χ1v) is 4.65. The standard InChI is InChI=1S/C10H13N3O/c11-3-1-4-13-7-10(6-12-13)9-2-5-14-8-9/h2,5-8H,1,3-4,11H2. The second kappa shape index (κ2) is 4.11. The van der Waals surface area contributed by atoms with Gasteiger partial charge in [-0.3, -0.25) is 4.68 Å². The van der Waals surface area contributed by atoms with Crippen molar-refractivity contribution in [3.05, 3.63) is 31.0 Å². The Kier molecular flexibility index (Phi) is 2.65. The van der Waals surface area contributed by atoms with Crippen LogP contribution < -0.4 is 5.73 Å². The van der Waals surface area contributed by atoms with Crippen LogP contribution in [0.15, 0.2) is 35.4 Å². The van der Waals surface area contributed by atoms with Crippen LogP contribution in [0.25, 0.3) is 11.1 Å². The predicted octanol–water partition coefficient (Wildman–Crippen LogP) is 1.49. The van der Waals surface area contributed by atoms with Crippen molar-refractivity contribution in [3.8, 4) is 11.1 Å². The van der Waals surface area contributed by atoms with Crippen LogP contribution in [0.3, 0.4) is 0 Å². The highest BCUT2D eigenvalue weighted by molar-refractivity contribution is 5.59. The van der Waals surface area contributed by atoms with Gasteiger partial charge in [-0.15, -0.1) is 0 Å². The van der Waals surface area contributed by atoms with Gasteiger partial charge in [-0.05, 0) is 19.0 Å². The Bertz CT molecular complexity index is 378. The number of aromatic nitrogens is 2. The van der Waals surface area contributed by atoms with Crippen LogP contribution in [0, 0.1) is 0 Å². The zero-order valence-corrected chi connectivity index (χ0v) is 7.89. The Hall–Kier alpha value is -1.55. The van der Waals surface area contributed by atoms with E-state index in [4.69, 9.17) is 10.2 Å². The predicted molar refractivity (Wildman–Crippen MR) is 53.6 cm³/mol. The highest BCUT2D eigenvalue weighted by Gasteiger charge is 2.01. The zero-order valence-electron chi connectivity index (χ0n) is 7.89. The van der Waals surface area contributed by atoms with Gasteiger partial charge in [0.05, 0.1) is 18.7 Å². The number of aryl methyl sites for hydroxylation is 1. The van der Waals surface area contributed by atoms with Gasteiger partial charge in [-0.2, -0.15) is 5.10 Å². The van der Waals surface area contributed by atoms with E-state index in [9.17, 15) is 0 Å². The lowest BCUT2D eigenvalue weighted by Gasteiger charge is -1.96. The normalized spacial score (nSPS) is 10.6. The molecule has 0 aliphatic rings. The van der Waals surface area contributed by atoms with E-state index in [-0.39, 0.29) is 0 Å². The van der Waals surface area contributed by atoms with Crippen LogP contribution in [0.4, 0.5) is 0 Å². The molecule has 2 aromatic heterocycles. The van der Waals surface area contributed by atoms with Crippen molar-refractivity contribution in [1.29, 1.82) is 0 Å². The average Bonchev–Trinajstić information content (AvgIpc) is 2.85. The Balaban J connectivity index is 2.10. The van der Waals surface area contributed by atoms with E-state index >= 15 is 0 Å². The quantitative estimate of drug-likeness (QED) is 0.796. The van der Waals surface area contributed by atoms with Crippen molar-refractivity contribution in [2.24, 2.45) is 5.73 Å². The minimum absolute atomic E-state index is 0.695. The van der Waals surface area contributed by atoms with Gasteiger partial charge >= 0.3 is 0 Å². The largest absolute Gasteiger partial charge is 0.472 e. The fraction of sp³-hybridized carbons (Fsp3) is 0.300. The van der Waals surface area contributed by atoms with Crippen LogP contribution in [0.1, 0.15) is 6.42 Å². The Labute approximate surface area is 82.3 Å². The highest BCUT2D eigenvalue weighted by atomic mass is 16.3. The minimum atomic E-state index is 0.695. The summed E-state index contributed by atoms with van der Waals surface area (Å²) in [5.41, 5.74) is 7.56. The molecule has 74 valence electrons. The summed E-state index contributed by atoms with van der Waals surface area (Å²) >= 11 is 0. The van der Waals surface area contributed by atoms with Crippen molar-refractivity contribution >= 4 is 0 Å². The van der Waals surface area contributed by atoms with Crippen LogP contribution in [0.2, 0.25) is 0 Å².